The molecule has 0 amide bonds. The summed E-state index contributed by atoms with van der Waals surface area (Å²) in [6.07, 6.45) is 2.02. The molecule has 0 aliphatic carbocycles. The summed E-state index contributed by atoms with van der Waals surface area (Å²) in [5.74, 6) is 0. The number of aromatic nitrogens is 4. The van der Waals surface area contributed by atoms with Gasteiger partial charge in [-0.05, 0) is 44.5 Å². The van der Waals surface area contributed by atoms with Crippen LogP contribution < -0.4 is 5.32 Å². The Morgan fingerprint density at radius 1 is 0.926 bits per heavy atom. The van der Waals surface area contributed by atoms with E-state index in [1.807, 2.05) is 29.8 Å². The standard InChI is InChI=1S/C22H21N5/c1-14-8-7-11-18-20-12-15(2)24-27(20)22(23-21(14)18)19-13-26(25-16(19)3)17-9-5-4-6-10-17/h4-13,22-23H,1-3H3. The Morgan fingerprint density at radius 2 is 1.74 bits per heavy atom. The third-order valence-electron chi connectivity index (χ3n) is 5.18. The van der Waals surface area contributed by atoms with Gasteiger partial charge in [0.05, 0.1) is 22.8 Å². The second kappa shape index (κ2) is 5.84. The maximum absolute atomic E-state index is 4.78. The van der Waals surface area contributed by atoms with Crippen LogP contribution in [0.1, 0.15) is 28.7 Å². The Balaban J connectivity index is 1.66. The van der Waals surface area contributed by atoms with E-state index >= 15 is 0 Å². The van der Waals surface area contributed by atoms with Gasteiger partial charge in [-0.25, -0.2) is 9.36 Å². The summed E-state index contributed by atoms with van der Waals surface area (Å²) in [4.78, 5) is 0. The molecule has 2 aromatic heterocycles. The second-order valence-corrected chi connectivity index (χ2v) is 7.11. The molecule has 5 rings (SSSR count). The molecular weight excluding hydrogens is 334 g/mol. The predicted molar refractivity (Wildman–Crippen MR) is 107 cm³/mol. The van der Waals surface area contributed by atoms with E-state index in [0.29, 0.717) is 0 Å². The van der Waals surface area contributed by atoms with Crippen LogP contribution in [0.3, 0.4) is 0 Å². The Hall–Kier alpha value is -3.34. The summed E-state index contributed by atoms with van der Waals surface area (Å²) in [5.41, 5.74) is 8.92. The number of benzene rings is 2. The molecule has 5 nitrogen and oxygen atoms in total. The zero-order valence-electron chi connectivity index (χ0n) is 15.6. The third-order valence-corrected chi connectivity index (χ3v) is 5.18. The summed E-state index contributed by atoms with van der Waals surface area (Å²) in [6.45, 7) is 6.24. The first-order chi connectivity index (χ1) is 13.1. The van der Waals surface area contributed by atoms with Crippen LogP contribution in [0.15, 0.2) is 60.8 Å². The number of rotatable bonds is 2. The highest BCUT2D eigenvalue weighted by molar-refractivity contribution is 5.81. The number of anilines is 1. The van der Waals surface area contributed by atoms with E-state index in [2.05, 4.69) is 66.4 Å². The molecule has 3 heterocycles. The second-order valence-electron chi connectivity index (χ2n) is 7.11. The van der Waals surface area contributed by atoms with E-state index in [4.69, 9.17) is 10.2 Å². The quantitative estimate of drug-likeness (QED) is 0.570. The van der Waals surface area contributed by atoms with Crippen molar-refractivity contribution in [3.8, 4) is 16.9 Å². The smallest absolute Gasteiger partial charge is 0.150 e. The van der Waals surface area contributed by atoms with Crippen molar-refractivity contribution < 1.29 is 0 Å². The minimum absolute atomic E-state index is 0.0836. The number of para-hydroxylation sites is 2. The molecule has 1 unspecified atom stereocenters. The van der Waals surface area contributed by atoms with Crippen molar-refractivity contribution in [2.24, 2.45) is 0 Å². The molecule has 27 heavy (non-hydrogen) atoms. The monoisotopic (exact) mass is 355 g/mol. The zero-order valence-corrected chi connectivity index (χ0v) is 15.6. The van der Waals surface area contributed by atoms with E-state index in [-0.39, 0.29) is 6.17 Å². The first-order valence-corrected chi connectivity index (χ1v) is 9.16. The summed E-state index contributed by atoms with van der Waals surface area (Å²) in [7, 11) is 0. The van der Waals surface area contributed by atoms with Crippen LogP contribution in [0.5, 0.6) is 0 Å². The van der Waals surface area contributed by atoms with E-state index in [9.17, 15) is 0 Å². The van der Waals surface area contributed by atoms with Crippen LogP contribution in [-0.2, 0) is 0 Å². The van der Waals surface area contributed by atoms with Gasteiger partial charge in [0.15, 0.2) is 6.17 Å². The van der Waals surface area contributed by atoms with Gasteiger partial charge in [0.2, 0.25) is 0 Å². The Labute approximate surface area is 158 Å². The minimum atomic E-state index is -0.0836. The Morgan fingerprint density at radius 3 is 2.56 bits per heavy atom. The van der Waals surface area contributed by atoms with Crippen LogP contribution in [-0.4, -0.2) is 19.6 Å². The SMILES string of the molecule is Cc1cc2n(n1)C(c1cn(-c3ccccc3)nc1C)Nc1c(C)cccc1-2. The first kappa shape index (κ1) is 15.9. The largest absolute Gasteiger partial charge is 0.359 e. The fourth-order valence-corrected chi connectivity index (χ4v) is 3.85. The molecule has 134 valence electrons. The molecule has 0 saturated heterocycles. The molecule has 0 fully saturated rings. The van der Waals surface area contributed by atoms with Crippen molar-refractivity contribution in [1.29, 1.82) is 0 Å². The normalized spacial score (nSPS) is 15.1. The number of nitrogens with one attached hydrogen (secondary N) is 1. The maximum Gasteiger partial charge on any atom is 0.150 e. The van der Waals surface area contributed by atoms with Gasteiger partial charge in [-0.2, -0.15) is 10.2 Å². The molecule has 0 saturated carbocycles. The number of hydrogen-bond donors (Lipinski definition) is 1. The highest BCUT2D eigenvalue weighted by Crippen LogP contribution is 2.40. The summed E-state index contributed by atoms with van der Waals surface area (Å²) < 4.78 is 4.02. The summed E-state index contributed by atoms with van der Waals surface area (Å²) in [5, 5.41) is 13.2. The van der Waals surface area contributed by atoms with Gasteiger partial charge in [-0.1, -0.05) is 36.4 Å². The molecule has 5 heteroatoms. The highest BCUT2D eigenvalue weighted by Gasteiger charge is 2.29. The van der Waals surface area contributed by atoms with Gasteiger partial charge in [0.25, 0.3) is 0 Å². The molecule has 0 bridgehead atoms. The zero-order chi connectivity index (χ0) is 18.5. The molecule has 1 atom stereocenters. The number of aryl methyl sites for hydroxylation is 3. The lowest BCUT2D eigenvalue weighted by Gasteiger charge is -2.30. The Kier molecular flexibility index (Phi) is 3.44. The van der Waals surface area contributed by atoms with Gasteiger partial charge in [-0.15, -0.1) is 0 Å². The van der Waals surface area contributed by atoms with Gasteiger partial charge in [0.1, 0.15) is 0 Å². The van der Waals surface area contributed by atoms with Crippen LogP contribution in [0.4, 0.5) is 5.69 Å². The number of nitrogens with zero attached hydrogens (tertiary/aromatic N) is 4. The van der Waals surface area contributed by atoms with Crippen molar-refractivity contribution in [3.63, 3.8) is 0 Å². The van der Waals surface area contributed by atoms with Crippen LogP contribution in [0.2, 0.25) is 0 Å². The lowest BCUT2D eigenvalue weighted by molar-refractivity contribution is 0.568. The van der Waals surface area contributed by atoms with E-state index in [1.54, 1.807) is 0 Å². The third kappa shape index (κ3) is 2.46. The summed E-state index contributed by atoms with van der Waals surface area (Å²) >= 11 is 0. The van der Waals surface area contributed by atoms with Crippen LogP contribution in [0, 0.1) is 20.8 Å². The highest BCUT2D eigenvalue weighted by atomic mass is 15.4. The van der Waals surface area contributed by atoms with Crippen molar-refractivity contribution in [1.82, 2.24) is 19.6 Å². The lowest BCUT2D eigenvalue weighted by atomic mass is 10.0. The van der Waals surface area contributed by atoms with Crippen LogP contribution in [0.25, 0.3) is 16.9 Å². The van der Waals surface area contributed by atoms with E-state index < -0.39 is 0 Å². The average Bonchev–Trinajstić information content (AvgIpc) is 3.25. The summed E-state index contributed by atoms with van der Waals surface area (Å²) in [6, 6.07) is 18.7. The van der Waals surface area contributed by atoms with Gasteiger partial charge in [0, 0.05) is 23.0 Å². The van der Waals surface area contributed by atoms with Crippen LogP contribution >= 0.6 is 0 Å². The molecule has 4 aromatic rings. The number of hydrogen-bond acceptors (Lipinski definition) is 3. The van der Waals surface area contributed by atoms with Gasteiger partial charge < -0.3 is 5.32 Å². The van der Waals surface area contributed by atoms with Gasteiger partial charge >= 0.3 is 0 Å². The van der Waals surface area contributed by atoms with Crippen molar-refractivity contribution in [2.75, 3.05) is 5.32 Å². The van der Waals surface area contributed by atoms with Crippen molar-refractivity contribution >= 4 is 5.69 Å². The fraction of sp³-hybridized carbons (Fsp3) is 0.182. The van der Waals surface area contributed by atoms with Gasteiger partial charge in [-0.3, -0.25) is 0 Å². The molecule has 1 aliphatic heterocycles. The predicted octanol–water partition coefficient (Wildman–Crippen LogP) is 4.63. The molecule has 0 spiro atoms. The average molecular weight is 355 g/mol. The molecular formula is C22H21N5. The van der Waals surface area contributed by atoms with Crippen molar-refractivity contribution in [2.45, 2.75) is 26.9 Å². The Bertz CT molecular complexity index is 1140. The lowest BCUT2D eigenvalue weighted by Crippen LogP contribution is -2.26. The molecule has 1 N–H and O–H groups in total. The topological polar surface area (TPSA) is 47.7 Å². The fourth-order valence-electron chi connectivity index (χ4n) is 3.85. The molecule has 2 aromatic carbocycles. The molecule has 1 aliphatic rings. The van der Waals surface area contributed by atoms with E-state index in [1.165, 1.54) is 16.8 Å². The van der Waals surface area contributed by atoms with E-state index in [0.717, 1.165) is 28.3 Å². The minimum Gasteiger partial charge on any atom is -0.359 e. The molecule has 0 radical (unpaired) electrons. The number of fused-ring (bicyclic) bond motifs is 3. The maximum atomic E-state index is 4.78. The van der Waals surface area contributed by atoms with Crippen molar-refractivity contribution in [3.05, 3.63) is 83.3 Å². The first-order valence-electron chi connectivity index (χ1n) is 9.16.